The summed E-state index contributed by atoms with van der Waals surface area (Å²) in [6.45, 7) is 1.14. The lowest BCUT2D eigenvalue weighted by Crippen LogP contribution is -2.18. The molecular formula is C15H18BrNO2S. The third-order valence-corrected chi connectivity index (χ3v) is 4.63. The summed E-state index contributed by atoms with van der Waals surface area (Å²) in [6, 6.07) is 12.4. The van der Waals surface area contributed by atoms with Gasteiger partial charge in [-0.15, -0.1) is 11.3 Å². The number of ether oxygens (including phenoxy) is 2. The SMILES string of the molecule is CNC(c1ccc(Br)s1)c1ccccc1OCCOC. The minimum Gasteiger partial charge on any atom is -0.491 e. The van der Waals surface area contributed by atoms with Crippen LogP contribution in [0.1, 0.15) is 16.5 Å². The smallest absolute Gasteiger partial charge is 0.124 e. The van der Waals surface area contributed by atoms with Crippen LogP contribution in [0.25, 0.3) is 0 Å². The fraction of sp³-hybridized carbons (Fsp3) is 0.333. The number of rotatable bonds is 7. The number of benzene rings is 1. The van der Waals surface area contributed by atoms with Crippen LogP contribution in [-0.4, -0.2) is 27.4 Å². The highest BCUT2D eigenvalue weighted by Crippen LogP contribution is 2.35. The molecule has 0 saturated carbocycles. The van der Waals surface area contributed by atoms with Crippen LogP contribution in [-0.2, 0) is 4.74 Å². The minimum absolute atomic E-state index is 0.130. The molecule has 0 spiro atoms. The Kier molecular flexibility index (Phi) is 6.04. The monoisotopic (exact) mass is 355 g/mol. The van der Waals surface area contributed by atoms with E-state index in [0.717, 1.165) is 15.1 Å². The van der Waals surface area contributed by atoms with Crippen molar-refractivity contribution in [2.24, 2.45) is 0 Å². The Labute approximate surface area is 132 Å². The van der Waals surface area contributed by atoms with E-state index in [1.807, 2.05) is 25.2 Å². The van der Waals surface area contributed by atoms with Crippen molar-refractivity contribution >= 4 is 27.3 Å². The van der Waals surface area contributed by atoms with E-state index in [9.17, 15) is 0 Å². The highest BCUT2D eigenvalue weighted by atomic mass is 79.9. The van der Waals surface area contributed by atoms with Crippen LogP contribution in [0.2, 0.25) is 0 Å². The van der Waals surface area contributed by atoms with Gasteiger partial charge < -0.3 is 14.8 Å². The molecule has 1 atom stereocenters. The van der Waals surface area contributed by atoms with Gasteiger partial charge in [-0.25, -0.2) is 0 Å². The number of thiophene rings is 1. The molecule has 0 amide bonds. The average Bonchev–Trinajstić information content (AvgIpc) is 2.88. The van der Waals surface area contributed by atoms with Crippen molar-refractivity contribution in [2.45, 2.75) is 6.04 Å². The van der Waals surface area contributed by atoms with Gasteiger partial charge in [-0.05, 0) is 41.2 Å². The molecule has 1 aromatic heterocycles. The Morgan fingerprint density at radius 3 is 2.65 bits per heavy atom. The molecular weight excluding hydrogens is 338 g/mol. The second-order valence-electron chi connectivity index (χ2n) is 4.24. The zero-order valence-electron chi connectivity index (χ0n) is 11.6. The molecule has 0 aliphatic carbocycles. The highest BCUT2D eigenvalue weighted by molar-refractivity contribution is 9.11. The van der Waals surface area contributed by atoms with E-state index in [4.69, 9.17) is 9.47 Å². The lowest BCUT2D eigenvalue weighted by Gasteiger charge is -2.19. The molecule has 5 heteroatoms. The lowest BCUT2D eigenvalue weighted by atomic mass is 10.0. The molecule has 0 bridgehead atoms. The molecule has 1 unspecified atom stereocenters. The van der Waals surface area contributed by atoms with E-state index in [-0.39, 0.29) is 6.04 Å². The first-order chi connectivity index (χ1) is 9.76. The third kappa shape index (κ3) is 3.82. The molecule has 0 aliphatic rings. The molecule has 20 heavy (non-hydrogen) atoms. The van der Waals surface area contributed by atoms with Gasteiger partial charge in [0.1, 0.15) is 12.4 Å². The van der Waals surface area contributed by atoms with E-state index in [2.05, 4.69) is 39.4 Å². The molecule has 2 rings (SSSR count). The van der Waals surface area contributed by atoms with Crippen molar-refractivity contribution in [1.82, 2.24) is 5.32 Å². The maximum atomic E-state index is 5.82. The second kappa shape index (κ2) is 7.78. The van der Waals surface area contributed by atoms with Crippen LogP contribution < -0.4 is 10.1 Å². The van der Waals surface area contributed by atoms with Gasteiger partial charge in [0.2, 0.25) is 0 Å². The Hall–Kier alpha value is -0.880. The van der Waals surface area contributed by atoms with Crippen molar-refractivity contribution < 1.29 is 9.47 Å². The van der Waals surface area contributed by atoms with Gasteiger partial charge in [-0.1, -0.05) is 18.2 Å². The molecule has 3 nitrogen and oxygen atoms in total. The lowest BCUT2D eigenvalue weighted by molar-refractivity contribution is 0.145. The van der Waals surface area contributed by atoms with Crippen LogP contribution >= 0.6 is 27.3 Å². The number of hydrogen-bond donors (Lipinski definition) is 1. The first kappa shape index (κ1) is 15.5. The standard InChI is InChI=1S/C15H18BrNO2S/c1-17-15(13-7-8-14(16)20-13)11-5-3-4-6-12(11)19-10-9-18-2/h3-8,15,17H,9-10H2,1-2H3. The van der Waals surface area contributed by atoms with E-state index in [1.165, 1.54) is 4.88 Å². The minimum atomic E-state index is 0.130. The Balaban J connectivity index is 2.25. The summed E-state index contributed by atoms with van der Waals surface area (Å²) in [5.41, 5.74) is 1.14. The molecule has 0 saturated heterocycles. The first-order valence-corrected chi connectivity index (χ1v) is 8.00. The molecule has 1 N–H and O–H groups in total. The van der Waals surface area contributed by atoms with Crippen molar-refractivity contribution in [1.29, 1.82) is 0 Å². The topological polar surface area (TPSA) is 30.5 Å². The molecule has 0 fully saturated rings. The van der Waals surface area contributed by atoms with Crippen molar-refractivity contribution in [3.63, 3.8) is 0 Å². The fourth-order valence-corrected chi connectivity index (χ4v) is 3.57. The Morgan fingerprint density at radius 1 is 1.20 bits per heavy atom. The molecule has 2 aromatic rings. The van der Waals surface area contributed by atoms with Gasteiger partial charge in [0.05, 0.1) is 16.4 Å². The normalized spacial score (nSPS) is 12.3. The van der Waals surface area contributed by atoms with Gasteiger partial charge in [-0.3, -0.25) is 0 Å². The van der Waals surface area contributed by atoms with Gasteiger partial charge in [0.15, 0.2) is 0 Å². The van der Waals surface area contributed by atoms with Crippen molar-refractivity contribution in [3.05, 3.63) is 50.6 Å². The van der Waals surface area contributed by atoms with E-state index >= 15 is 0 Å². The quantitative estimate of drug-likeness (QED) is 0.765. The second-order valence-corrected chi connectivity index (χ2v) is 6.74. The summed E-state index contributed by atoms with van der Waals surface area (Å²) < 4.78 is 12.0. The molecule has 1 aromatic carbocycles. The fourth-order valence-electron chi connectivity index (χ4n) is 2.02. The van der Waals surface area contributed by atoms with Gasteiger partial charge in [0, 0.05) is 17.6 Å². The number of methoxy groups -OCH3 is 1. The van der Waals surface area contributed by atoms with Gasteiger partial charge in [0.25, 0.3) is 0 Å². The number of halogens is 1. The zero-order valence-corrected chi connectivity index (χ0v) is 14.0. The van der Waals surface area contributed by atoms with Gasteiger partial charge >= 0.3 is 0 Å². The summed E-state index contributed by atoms with van der Waals surface area (Å²) in [7, 11) is 3.64. The summed E-state index contributed by atoms with van der Waals surface area (Å²) in [6.07, 6.45) is 0. The first-order valence-electron chi connectivity index (χ1n) is 6.39. The number of nitrogens with one attached hydrogen (secondary N) is 1. The van der Waals surface area contributed by atoms with E-state index in [1.54, 1.807) is 18.4 Å². The number of hydrogen-bond acceptors (Lipinski definition) is 4. The maximum absolute atomic E-state index is 5.82. The van der Waals surface area contributed by atoms with Gasteiger partial charge in [-0.2, -0.15) is 0 Å². The number of para-hydroxylation sites is 1. The average molecular weight is 356 g/mol. The summed E-state index contributed by atoms with van der Waals surface area (Å²) >= 11 is 5.24. The molecule has 0 radical (unpaired) electrons. The maximum Gasteiger partial charge on any atom is 0.124 e. The predicted octanol–water partition coefficient (Wildman–Crippen LogP) is 3.84. The van der Waals surface area contributed by atoms with Crippen LogP contribution in [0.15, 0.2) is 40.2 Å². The molecule has 0 aliphatic heterocycles. The van der Waals surface area contributed by atoms with Crippen LogP contribution in [0.3, 0.4) is 0 Å². The summed E-state index contributed by atoms with van der Waals surface area (Å²) in [5.74, 6) is 0.897. The van der Waals surface area contributed by atoms with Crippen molar-refractivity contribution in [2.75, 3.05) is 27.4 Å². The molecule has 1 heterocycles. The van der Waals surface area contributed by atoms with E-state index in [0.29, 0.717) is 13.2 Å². The largest absolute Gasteiger partial charge is 0.491 e. The van der Waals surface area contributed by atoms with Crippen LogP contribution in [0, 0.1) is 0 Å². The van der Waals surface area contributed by atoms with Crippen LogP contribution in [0.4, 0.5) is 0 Å². The summed E-state index contributed by atoms with van der Waals surface area (Å²) in [4.78, 5) is 1.25. The predicted molar refractivity (Wildman–Crippen MR) is 86.7 cm³/mol. The summed E-state index contributed by atoms with van der Waals surface area (Å²) in [5, 5.41) is 3.36. The van der Waals surface area contributed by atoms with Crippen molar-refractivity contribution in [3.8, 4) is 5.75 Å². The third-order valence-electron chi connectivity index (χ3n) is 2.94. The highest BCUT2D eigenvalue weighted by Gasteiger charge is 2.18. The molecule has 108 valence electrons. The zero-order chi connectivity index (χ0) is 14.4. The van der Waals surface area contributed by atoms with E-state index < -0.39 is 0 Å². The van der Waals surface area contributed by atoms with Crippen LogP contribution in [0.5, 0.6) is 5.75 Å². The Bertz CT molecular complexity index is 544. The Morgan fingerprint density at radius 2 is 2.00 bits per heavy atom.